The number of carbonyl (C=O) groups is 1. The summed E-state index contributed by atoms with van der Waals surface area (Å²) in [7, 11) is 1.74. The van der Waals surface area contributed by atoms with Crippen molar-refractivity contribution in [1.29, 1.82) is 0 Å². The second kappa shape index (κ2) is 9.43. The molecule has 0 aliphatic carbocycles. The van der Waals surface area contributed by atoms with Gasteiger partial charge in [-0.05, 0) is 33.1 Å². The van der Waals surface area contributed by atoms with Crippen molar-refractivity contribution in [2.24, 2.45) is 0 Å². The molecule has 1 amide bonds. The number of rotatable bonds is 6. The molecular formula is C19H31N5O3. The number of likely N-dealkylation sites (tertiary alicyclic amines) is 1. The van der Waals surface area contributed by atoms with Gasteiger partial charge in [-0.3, -0.25) is 4.79 Å². The smallest absolute Gasteiger partial charge is 0.272 e. The van der Waals surface area contributed by atoms with Crippen molar-refractivity contribution in [3.8, 4) is 0 Å². The van der Waals surface area contributed by atoms with Crippen LogP contribution in [0.4, 0.5) is 5.82 Å². The molecule has 0 bridgehead atoms. The number of piperidine rings is 1. The number of nitrogens with one attached hydrogen (secondary N) is 2. The first-order valence-electron chi connectivity index (χ1n) is 9.85. The summed E-state index contributed by atoms with van der Waals surface area (Å²) in [6.07, 6.45) is 4.40. The molecule has 2 saturated heterocycles. The molecule has 0 radical (unpaired) electrons. The number of carbonyl (C=O) groups excluding carboxylic acids is 1. The predicted octanol–water partition coefficient (Wildman–Crippen LogP) is 1.21. The van der Waals surface area contributed by atoms with Crippen molar-refractivity contribution in [2.75, 3.05) is 45.3 Å². The number of aromatic nitrogens is 2. The standard InChI is InChI=1S/C19H31N5O3/c1-4-20-18-13(2)17(21-12-22-18)19(25)24-8-5-14(6-9-24)23-15-7-10-27-11-16(15)26-3/h12,14-16,23H,4-11H2,1-3H3,(H,20,21,22)/t15-,16+/m0/s1. The minimum atomic E-state index is -0.00617. The van der Waals surface area contributed by atoms with Gasteiger partial charge < -0.3 is 25.0 Å². The van der Waals surface area contributed by atoms with Crippen molar-refractivity contribution in [3.05, 3.63) is 17.6 Å². The maximum Gasteiger partial charge on any atom is 0.272 e. The summed E-state index contributed by atoms with van der Waals surface area (Å²) in [6, 6.07) is 0.724. The summed E-state index contributed by atoms with van der Waals surface area (Å²) in [5.41, 5.74) is 1.31. The van der Waals surface area contributed by atoms with Crippen LogP contribution in [0, 0.1) is 6.92 Å². The van der Waals surface area contributed by atoms with Crippen molar-refractivity contribution in [2.45, 2.75) is 51.3 Å². The zero-order valence-corrected chi connectivity index (χ0v) is 16.5. The second-order valence-corrected chi connectivity index (χ2v) is 7.20. The van der Waals surface area contributed by atoms with Gasteiger partial charge in [-0.15, -0.1) is 0 Å². The second-order valence-electron chi connectivity index (χ2n) is 7.20. The molecule has 3 heterocycles. The fraction of sp³-hybridized carbons (Fsp3) is 0.737. The zero-order valence-electron chi connectivity index (χ0n) is 16.5. The summed E-state index contributed by atoms with van der Waals surface area (Å²) in [5.74, 6) is 0.728. The zero-order chi connectivity index (χ0) is 19.2. The molecule has 2 aliphatic rings. The molecule has 0 spiro atoms. The monoisotopic (exact) mass is 377 g/mol. The molecule has 2 aliphatic heterocycles. The lowest BCUT2D eigenvalue weighted by Gasteiger charge is -2.38. The minimum Gasteiger partial charge on any atom is -0.379 e. The maximum absolute atomic E-state index is 12.9. The summed E-state index contributed by atoms with van der Waals surface area (Å²) < 4.78 is 11.0. The Labute approximate surface area is 161 Å². The number of hydrogen-bond donors (Lipinski definition) is 2. The van der Waals surface area contributed by atoms with Crippen LogP contribution in [0.15, 0.2) is 6.33 Å². The highest BCUT2D eigenvalue weighted by Crippen LogP contribution is 2.20. The molecule has 3 rings (SSSR count). The Hall–Kier alpha value is -1.77. The van der Waals surface area contributed by atoms with Crippen molar-refractivity contribution in [3.63, 3.8) is 0 Å². The van der Waals surface area contributed by atoms with Crippen LogP contribution in [0.1, 0.15) is 42.2 Å². The Morgan fingerprint density at radius 2 is 2.11 bits per heavy atom. The van der Waals surface area contributed by atoms with Gasteiger partial charge in [-0.25, -0.2) is 9.97 Å². The molecule has 2 fully saturated rings. The predicted molar refractivity (Wildman–Crippen MR) is 103 cm³/mol. The highest BCUT2D eigenvalue weighted by molar-refractivity contribution is 5.94. The Balaban J connectivity index is 1.56. The third kappa shape index (κ3) is 4.75. The van der Waals surface area contributed by atoms with E-state index in [2.05, 4.69) is 20.6 Å². The van der Waals surface area contributed by atoms with E-state index in [1.807, 2.05) is 18.7 Å². The molecule has 1 aromatic heterocycles. The van der Waals surface area contributed by atoms with E-state index in [4.69, 9.17) is 9.47 Å². The highest BCUT2D eigenvalue weighted by atomic mass is 16.5. The maximum atomic E-state index is 12.9. The summed E-state index contributed by atoms with van der Waals surface area (Å²) in [4.78, 5) is 23.3. The van der Waals surface area contributed by atoms with E-state index in [0.29, 0.717) is 24.4 Å². The molecule has 0 saturated carbocycles. The lowest BCUT2D eigenvalue weighted by molar-refractivity contribution is -0.0533. The number of anilines is 1. The molecule has 2 atom stereocenters. The molecule has 8 heteroatoms. The van der Waals surface area contributed by atoms with Crippen molar-refractivity contribution >= 4 is 11.7 Å². The van der Waals surface area contributed by atoms with Crippen LogP contribution in [0.2, 0.25) is 0 Å². The van der Waals surface area contributed by atoms with Gasteiger partial charge in [0.2, 0.25) is 0 Å². The Morgan fingerprint density at radius 3 is 2.81 bits per heavy atom. The third-order valence-corrected chi connectivity index (χ3v) is 5.47. The van der Waals surface area contributed by atoms with Crippen LogP contribution in [0.5, 0.6) is 0 Å². The van der Waals surface area contributed by atoms with E-state index in [1.165, 1.54) is 6.33 Å². The first kappa shape index (κ1) is 20.0. The number of amides is 1. The normalized spacial score (nSPS) is 24.0. The van der Waals surface area contributed by atoms with Crippen LogP contribution >= 0.6 is 0 Å². The Bertz CT molecular complexity index is 634. The van der Waals surface area contributed by atoms with Gasteiger partial charge in [0.1, 0.15) is 17.8 Å². The van der Waals surface area contributed by atoms with Gasteiger partial charge in [0.05, 0.1) is 12.7 Å². The van der Waals surface area contributed by atoms with Gasteiger partial charge >= 0.3 is 0 Å². The molecule has 150 valence electrons. The van der Waals surface area contributed by atoms with Crippen molar-refractivity contribution < 1.29 is 14.3 Å². The molecule has 0 unspecified atom stereocenters. The van der Waals surface area contributed by atoms with Gasteiger partial charge in [0, 0.05) is 51.0 Å². The molecule has 2 N–H and O–H groups in total. The SMILES string of the molecule is CCNc1ncnc(C(=O)N2CCC(N[C@H]3CCOC[C@H]3OC)CC2)c1C. The minimum absolute atomic E-state index is 0.00617. The molecule has 8 nitrogen and oxygen atoms in total. The van der Waals surface area contributed by atoms with E-state index >= 15 is 0 Å². The summed E-state index contributed by atoms with van der Waals surface area (Å²) >= 11 is 0. The highest BCUT2D eigenvalue weighted by Gasteiger charge is 2.31. The van der Waals surface area contributed by atoms with E-state index in [-0.39, 0.29) is 12.0 Å². The molecular weight excluding hydrogens is 346 g/mol. The average Bonchev–Trinajstić information content (AvgIpc) is 2.70. The van der Waals surface area contributed by atoms with Crippen LogP contribution < -0.4 is 10.6 Å². The molecule has 1 aromatic rings. The van der Waals surface area contributed by atoms with Crippen LogP contribution in [0.25, 0.3) is 0 Å². The number of ether oxygens (including phenoxy) is 2. The quantitative estimate of drug-likeness (QED) is 0.770. The van der Waals surface area contributed by atoms with Crippen LogP contribution in [-0.4, -0.2) is 78.9 Å². The fourth-order valence-electron chi connectivity index (χ4n) is 3.85. The Morgan fingerprint density at radius 1 is 1.33 bits per heavy atom. The van der Waals surface area contributed by atoms with E-state index in [0.717, 1.165) is 56.9 Å². The number of hydrogen-bond acceptors (Lipinski definition) is 7. The van der Waals surface area contributed by atoms with Gasteiger partial charge in [-0.2, -0.15) is 0 Å². The number of nitrogens with zero attached hydrogens (tertiary/aromatic N) is 3. The van der Waals surface area contributed by atoms with Gasteiger partial charge in [-0.1, -0.05) is 0 Å². The molecule has 27 heavy (non-hydrogen) atoms. The van der Waals surface area contributed by atoms with Gasteiger partial charge in [0.25, 0.3) is 5.91 Å². The van der Waals surface area contributed by atoms with E-state index in [1.54, 1.807) is 7.11 Å². The number of methoxy groups -OCH3 is 1. The van der Waals surface area contributed by atoms with Crippen LogP contribution in [-0.2, 0) is 9.47 Å². The largest absolute Gasteiger partial charge is 0.379 e. The summed E-state index contributed by atoms with van der Waals surface area (Å²) in [5, 5.41) is 6.90. The first-order chi connectivity index (χ1) is 13.1. The van der Waals surface area contributed by atoms with Crippen LogP contribution in [0.3, 0.4) is 0 Å². The Kier molecular flexibility index (Phi) is 6.98. The van der Waals surface area contributed by atoms with E-state index < -0.39 is 0 Å². The average molecular weight is 377 g/mol. The molecule has 0 aromatic carbocycles. The van der Waals surface area contributed by atoms with Gasteiger partial charge in [0.15, 0.2) is 0 Å². The van der Waals surface area contributed by atoms with Crippen molar-refractivity contribution in [1.82, 2.24) is 20.2 Å². The fourth-order valence-corrected chi connectivity index (χ4v) is 3.85. The lowest BCUT2D eigenvalue weighted by Crippen LogP contribution is -2.54. The lowest BCUT2D eigenvalue weighted by atomic mass is 9.99. The summed E-state index contributed by atoms with van der Waals surface area (Å²) in [6.45, 7) is 7.55. The first-order valence-corrected chi connectivity index (χ1v) is 9.85. The third-order valence-electron chi connectivity index (χ3n) is 5.47. The van der Waals surface area contributed by atoms with E-state index in [9.17, 15) is 4.79 Å². The topological polar surface area (TPSA) is 88.6 Å².